The summed E-state index contributed by atoms with van der Waals surface area (Å²) >= 11 is 0. The van der Waals surface area contributed by atoms with E-state index < -0.39 is 6.29 Å². The molecule has 0 aromatic carbocycles. The van der Waals surface area contributed by atoms with E-state index in [0.717, 1.165) is 6.42 Å². The van der Waals surface area contributed by atoms with Gasteiger partial charge in [-0.05, 0) is 19.3 Å². The Hall–Kier alpha value is -0.0800. The molecule has 0 bridgehead atoms. The van der Waals surface area contributed by atoms with Gasteiger partial charge >= 0.3 is 0 Å². The van der Waals surface area contributed by atoms with Crippen molar-refractivity contribution in [3.8, 4) is 0 Å². The second-order valence-electron chi connectivity index (χ2n) is 2.81. The van der Waals surface area contributed by atoms with E-state index in [0.29, 0.717) is 0 Å². The van der Waals surface area contributed by atoms with Crippen LogP contribution in [0.2, 0.25) is 0 Å². The summed E-state index contributed by atoms with van der Waals surface area (Å²) in [5, 5.41) is 8.73. The standard InChI is InChI=1S/C6H10O2/c7-5-4-6(8-5)2-1-3-6/h5,7H,1-4H2. The quantitative estimate of drug-likeness (QED) is 0.501. The Balaban J connectivity index is 1.92. The average Bonchev–Trinajstić information content (AvgIpc) is 1.51. The van der Waals surface area contributed by atoms with E-state index in [9.17, 15) is 0 Å². The predicted octanol–water partition coefficient (Wildman–Crippen LogP) is 0.648. The van der Waals surface area contributed by atoms with E-state index in [-0.39, 0.29) is 5.60 Å². The van der Waals surface area contributed by atoms with Gasteiger partial charge in [-0.25, -0.2) is 0 Å². The first-order chi connectivity index (χ1) is 3.81. The molecule has 1 spiro atoms. The molecule has 1 heterocycles. The summed E-state index contributed by atoms with van der Waals surface area (Å²) in [4.78, 5) is 0. The highest BCUT2D eigenvalue weighted by Crippen LogP contribution is 2.46. The zero-order valence-corrected chi connectivity index (χ0v) is 4.76. The second kappa shape index (κ2) is 1.25. The van der Waals surface area contributed by atoms with E-state index in [1.807, 2.05) is 0 Å². The van der Waals surface area contributed by atoms with Crippen molar-refractivity contribution in [3.05, 3.63) is 0 Å². The number of hydrogen-bond donors (Lipinski definition) is 1. The molecule has 1 aliphatic carbocycles. The summed E-state index contributed by atoms with van der Waals surface area (Å²) < 4.78 is 5.12. The van der Waals surface area contributed by atoms with Gasteiger partial charge in [-0.15, -0.1) is 0 Å². The third-order valence-electron chi connectivity index (χ3n) is 2.20. The van der Waals surface area contributed by atoms with Gasteiger partial charge in [0.15, 0.2) is 6.29 Å². The van der Waals surface area contributed by atoms with Gasteiger partial charge in [0.2, 0.25) is 0 Å². The SMILES string of the molecule is OC1CC2(CCC2)O1. The number of aliphatic hydroxyl groups is 1. The molecule has 2 heteroatoms. The van der Waals surface area contributed by atoms with Gasteiger partial charge in [0.25, 0.3) is 0 Å². The Morgan fingerprint density at radius 3 is 2.25 bits per heavy atom. The third-order valence-corrected chi connectivity index (χ3v) is 2.20. The minimum atomic E-state index is -0.435. The summed E-state index contributed by atoms with van der Waals surface area (Å²) in [6.07, 6.45) is 4.07. The van der Waals surface area contributed by atoms with Crippen molar-refractivity contribution >= 4 is 0 Å². The summed E-state index contributed by atoms with van der Waals surface area (Å²) in [7, 11) is 0. The van der Waals surface area contributed by atoms with Crippen molar-refractivity contribution in [3.63, 3.8) is 0 Å². The molecule has 8 heavy (non-hydrogen) atoms. The zero-order chi connectivity index (χ0) is 5.61. The summed E-state index contributed by atoms with van der Waals surface area (Å²) in [6.45, 7) is 0. The van der Waals surface area contributed by atoms with Gasteiger partial charge in [0, 0.05) is 6.42 Å². The van der Waals surface area contributed by atoms with Crippen LogP contribution < -0.4 is 0 Å². The molecular formula is C6H10O2. The van der Waals surface area contributed by atoms with Crippen LogP contribution in [-0.4, -0.2) is 17.0 Å². The molecule has 2 rings (SSSR count). The molecule has 1 N–H and O–H groups in total. The molecule has 1 unspecified atom stereocenters. The minimum Gasteiger partial charge on any atom is -0.368 e. The Morgan fingerprint density at radius 1 is 1.50 bits per heavy atom. The molecule has 2 aliphatic rings. The van der Waals surface area contributed by atoms with Gasteiger partial charge in [-0.1, -0.05) is 0 Å². The van der Waals surface area contributed by atoms with Crippen LogP contribution in [0.3, 0.4) is 0 Å². The molecule has 2 fully saturated rings. The molecule has 0 radical (unpaired) electrons. The van der Waals surface area contributed by atoms with Crippen molar-refractivity contribution < 1.29 is 9.84 Å². The van der Waals surface area contributed by atoms with E-state index in [1.54, 1.807) is 0 Å². The molecule has 46 valence electrons. The first-order valence-electron chi connectivity index (χ1n) is 3.17. The van der Waals surface area contributed by atoms with Crippen LogP contribution in [0.5, 0.6) is 0 Å². The van der Waals surface area contributed by atoms with E-state index in [4.69, 9.17) is 9.84 Å². The van der Waals surface area contributed by atoms with E-state index in [1.165, 1.54) is 19.3 Å². The summed E-state index contributed by atoms with van der Waals surface area (Å²) in [5.41, 5.74) is 0.166. The molecule has 1 saturated heterocycles. The average molecular weight is 114 g/mol. The number of aliphatic hydroxyl groups excluding tert-OH is 1. The van der Waals surface area contributed by atoms with Crippen molar-refractivity contribution in [2.75, 3.05) is 0 Å². The van der Waals surface area contributed by atoms with Crippen LogP contribution in [-0.2, 0) is 4.74 Å². The van der Waals surface area contributed by atoms with Gasteiger partial charge in [-0.2, -0.15) is 0 Å². The van der Waals surface area contributed by atoms with Gasteiger partial charge in [-0.3, -0.25) is 0 Å². The fourth-order valence-electron chi connectivity index (χ4n) is 1.49. The maximum atomic E-state index is 8.73. The van der Waals surface area contributed by atoms with Crippen molar-refractivity contribution in [1.29, 1.82) is 0 Å². The number of rotatable bonds is 0. The lowest BCUT2D eigenvalue weighted by atomic mass is 9.74. The molecule has 0 amide bonds. The molecule has 0 aromatic heterocycles. The lowest BCUT2D eigenvalue weighted by molar-refractivity contribution is -0.315. The van der Waals surface area contributed by atoms with Crippen molar-refractivity contribution in [2.24, 2.45) is 0 Å². The molecule has 1 atom stereocenters. The maximum absolute atomic E-state index is 8.73. The fourth-order valence-corrected chi connectivity index (χ4v) is 1.49. The monoisotopic (exact) mass is 114 g/mol. The Morgan fingerprint density at radius 2 is 2.12 bits per heavy atom. The lowest BCUT2D eigenvalue weighted by Gasteiger charge is -2.51. The Labute approximate surface area is 48.5 Å². The van der Waals surface area contributed by atoms with E-state index >= 15 is 0 Å². The van der Waals surface area contributed by atoms with Crippen LogP contribution in [0.25, 0.3) is 0 Å². The fraction of sp³-hybridized carbons (Fsp3) is 1.00. The molecular weight excluding hydrogens is 104 g/mol. The lowest BCUT2D eigenvalue weighted by Crippen LogP contribution is -2.54. The highest BCUT2D eigenvalue weighted by Gasteiger charge is 2.49. The van der Waals surface area contributed by atoms with Crippen LogP contribution in [0.1, 0.15) is 25.7 Å². The summed E-state index contributed by atoms with van der Waals surface area (Å²) in [5.74, 6) is 0. The first kappa shape index (κ1) is 4.77. The van der Waals surface area contributed by atoms with Crippen molar-refractivity contribution in [1.82, 2.24) is 0 Å². The zero-order valence-electron chi connectivity index (χ0n) is 4.76. The second-order valence-corrected chi connectivity index (χ2v) is 2.81. The third kappa shape index (κ3) is 0.446. The molecule has 1 saturated carbocycles. The molecule has 1 aliphatic heterocycles. The van der Waals surface area contributed by atoms with Gasteiger partial charge in [0.1, 0.15) is 0 Å². The van der Waals surface area contributed by atoms with Crippen LogP contribution >= 0.6 is 0 Å². The topological polar surface area (TPSA) is 29.5 Å². The Kier molecular flexibility index (Phi) is 0.746. The number of ether oxygens (including phenoxy) is 1. The Bertz CT molecular complexity index is 99.1. The van der Waals surface area contributed by atoms with Crippen molar-refractivity contribution in [2.45, 2.75) is 37.6 Å². The molecule has 2 nitrogen and oxygen atoms in total. The largest absolute Gasteiger partial charge is 0.368 e. The van der Waals surface area contributed by atoms with Crippen LogP contribution in [0, 0.1) is 0 Å². The normalized spacial score (nSPS) is 40.9. The van der Waals surface area contributed by atoms with Gasteiger partial charge in [0.05, 0.1) is 5.60 Å². The summed E-state index contributed by atoms with van der Waals surface area (Å²) in [6, 6.07) is 0. The predicted molar refractivity (Wildman–Crippen MR) is 28.3 cm³/mol. The highest BCUT2D eigenvalue weighted by molar-refractivity contribution is 4.96. The first-order valence-corrected chi connectivity index (χ1v) is 3.17. The number of hydrogen-bond acceptors (Lipinski definition) is 2. The highest BCUT2D eigenvalue weighted by atomic mass is 16.6. The molecule has 0 aromatic rings. The van der Waals surface area contributed by atoms with Crippen LogP contribution in [0.15, 0.2) is 0 Å². The van der Waals surface area contributed by atoms with Gasteiger partial charge < -0.3 is 9.84 Å². The smallest absolute Gasteiger partial charge is 0.158 e. The maximum Gasteiger partial charge on any atom is 0.158 e. The minimum absolute atomic E-state index is 0.166. The van der Waals surface area contributed by atoms with E-state index in [2.05, 4.69) is 0 Å². The van der Waals surface area contributed by atoms with Crippen LogP contribution in [0.4, 0.5) is 0 Å².